The summed E-state index contributed by atoms with van der Waals surface area (Å²) >= 11 is 1.89. The molecule has 0 N–H and O–H groups in total. The van der Waals surface area contributed by atoms with Crippen LogP contribution in [-0.2, 0) is 5.41 Å². The molecule has 0 saturated carbocycles. The summed E-state index contributed by atoms with van der Waals surface area (Å²) in [7, 11) is 0. The van der Waals surface area contributed by atoms with E-state index in [4.69, 9.17) is 0 Å². The van der Waals surface area contributed by atoms with Gasteiger partial charge in [-0.25, -0.2) is 0 Å². The van der Waals surface area contributed by atoms with E-state index in [1.807, 2.05) is 11.3 Å². The quantitative estimate of drug-likeness (QED) is 0.138. The Hall–Kier alpha value is -17.6. The Labute approximate surface area is 793 Å². The summed E-state index contributed by atoms with van der Waals surface area (Å²) in [5.74, 6) is 0. The normalized spacial score (nSPS) is 12.5. The summed E-state index contributed by atoms with van der Waals surface area (Å²) in [4.78, 5) is 0. The van der Waals surface area contributed by atoms with Gasteiger partial charge in [0.05, 0.1) is 81.9 Å². The first-order valence-electron chi connectivity index (χ1n) is 47.3. The van der Waals surface area contributed by atoms with Gasteiger partial charge in [-0.2, -0.15) is 0 Å². The molecule has 642 valence electrons. The zero-order valence-electron chi connectivity index (χ0n) is 75.1. The molecule has 29 aromatic rings. The van der Waals surface area contributed by atoms with Crippen molar-refractivity contribution in [2.45, 2.75) is 19.3 Å². The second kappa shape index (κ2) is 30.8. The highest BCUT2D eigenvalue weighted by molar-refractivity contribution is 7.26. The molecule has 0 spiro atoms. The van der Waals surface area contributed by atoms with Crippen molar-refractivity contribution in [3.63, 3.8) is 0 Å². The van der Waals surface area contributed by atoms with Gasteiger partial charge in [0.25, 0.3) is 0 Å². The third-order valence-electron chi connectivity index (χ3n) is 29.2. The summed E-state index contributed by atoms with van der Waals surface area (Å²) in [6.07, 6.45) is 0. The highest BCUT2D eigenvalue weighted by Crippen LogP contribution is 2.53. The van der Waals surface area contributed by atoms with E-state index in [1.165, 1.54) is 251 Å². The van der Waals surface area contributed by atoms with Crippen LogP contribution in [-0.4, -0.2) is 32.0 Å². The molecule has 0 aliphatic heterocycles. The van der Waals surface area contributed by atoms with E-state index < -0.39 is 0 Å². The number of hydrogen-bond donors (Lipinski definition) is 0. The molecule has 0 unspecified atom stereocenters. The van der Waals surface area contributed by atoms with E-state index in [-0.39, 0.29) is 5.41 Å². The van der Waals surface area contributed by atoms with Crippen LogP contribution in [0.15, 0.2) is 479 Å². The van der Waals surface area contributed by atoms with Crippen molar-refractivity contribution in [2.24, 2.45) is 0 Å². The first-order chi connectivity index (χ1) is 67.8. The van der Waals surface area contributed by atoms with E-state index in [2.05, 4.69) is 525 Å². The molecule has 7 nitrogen and oxygen atoms in total. The van der Waals surface area contributed by atoms with Crippen LogP contribution in [0, 0.1) is 0 Å². The highest BCUT2D eigenvalue weighted by atomic mass is 32.1. The van der Waals surface area contributed by atoms with E-state index in [0.717, 1.165) is 5.69 Å². The number of para-hydroxylation sites is 10. The zero-order valence-corrected chi connectivity index (χ0v) is 76.0. The monoisotopic (exact) mass is 1760 g/mol. The predicted octanol–water partition coefficient (Wildman–Crippen LogP) is 34.7. The molecule has 0 saturated heterocycles. The zero-order chi connectivity index (χ0) is 90.2. The predicted molar refractivity (Wildman–Crippen MR) is 581 cm³/mol. The highest BCUT2D eigenvalue weighted by Gasteiger charge is 2.37. The Bertz CT molecular complexity index is 9940. The summed E-state index contributed by atoms with van der Waals surface area (Å²) in [6, 6.07) is 175. The first-order valence-corrected chi connectivity index (χ1v) is 48.1. The van der Waals surface area contributed by atoms with Crippen molar-refractivity contribution in [2.75, 3.05) is 0 Å². The molecule has 0 bridgehead atoms. The van der Waals surface area contributed by atoms with Crippen LogP contribution in [0.4, 0.5) is 0 Å². The average Bonchev–Trinajstić information content (AvgIpc) is 1.57. The fourth-order valence-electron chi connectivity index (χ4n) is 23.2. The Balaban J connectivity index is 0.000000103. The van der Waals surface area contributed by atoms with Crippen molar-refractivity contribution in [1.82, 2.24) is 32.0 Å². The maximum atomic E-state index is 2.47. The van der Waals surface area contributed by atoms with Crippen molar-refractivity contribution in [3.8, 4) is 73.2 Å². The standard InChI is InChI=1S/C51H36N2.C42H27N3.C36H22N2S/c1-51(2)45-19-11-9-17-39(45)41-31-44-43-30-36(35-23-27-48-42(29-35)40-18-10-12-20-47(40)52(48)37-15-7-4-8-16-37)24-28-49(43)53(50(44)32-46(41)51)38-25-21-34(22-26-38)33-13-5-3-6-14-33;1-3-13-28(14-4-1)43-35-20-10-7-17-31(35)34-27-30(23-24-38(34)43)45-37-22-12-9-19-33(37)42-40(45)26-25-39-41(42)32-18-8-11-21-36(32)44(39)29-15-5-2-6-16-29;1-2-10-23(11-3-1)38-33-21-18-24(37-31-15-7-4-12-25(31)26-13-5-8-16-32(26)37)22-30(33)28-19-20-29-27-14-6-9-17-34(27)39-36(29)35(28)38/h3-32H,1-2H3;1-27H;1-22H. The van der Waals surface area contributed by atoms with E-state index in [1.54, 1.807) is 0 Å². The number of thiophene rings is 1. The molecule has 137 heavy (non-hydrogen) atoms. The van der Waals surface area contributed by atoms with Gasteiger partial charge in [-0.05, 0) is 233 Å². The second-order valence-electron chi connectivity index (χ2n) is 36.9. The number of fused-ring (bicyclic) bond motifs is 29. The minimum atomic E-state index is -0.0852. The summed E-state index contributed by atoms with van der Waals surface area (Å²) in [5.41, 5.74) is 35.7. The van der Waals surface area contributed by atoms with Crippen LogP contribution in [0.1, 0.15) is 25.0 Å². The Morgan fingerprint density at radius 3 is 0.985 bits per heavy atom. The van der Waals surface area contributed by atoms with Gasteiger partial charge in [-0.15, -0.1) is 11.3 Å². The van der Waals surface area contributed by atoms with Crippen LogP contribution in [0.3, 0.4) is 0 Å². The number of aromatic nitrogens is 7. The fourth-order valence-corrected chi connectivity index (χ4v) is 24.4. The van der Waals surface area contributed by atoms with Gasteiger partial charge in [-0.3, -0.25) is 0 Å². The largest absolute Gasteiger partial charge is 0.309 e. The van der Waals surface area contributed by atoms with Gasteiger partial charge in [-0.1, -0.05) is 305 Å². The topological polar surface area (TPSA) is 34.5 Å². The molecule has 8 heteroatoms. The number of benzene rings is 21. The minimum absolute atomic E-state index is 0.0852. The van der Waals surface area contributed by atoms with Crippen LogP contribution in [0.5, 0.6) is 0 Å². The van der Waals surface area contributed by atoms with Gasteiger partial charge in [0, 0.05) is 136 Å². The van der Waals surface area contributed by atoms with Crippen LogP contribution in [0.25, 0.3) is 246 Å². The van der Waals surface area contributed by atoms with E-state index >= 15 is 0 Å². The van der Waals surface area contributed by atoms with Gasteiger partial charge in [0.2, 0.25) is 0 Å². The lowest BCUT2D eigenvalue weighted by Gasteiger charge is -2.21. The summed E-state index contributed by atoms with van der Waals surface area (Å²) < 4.78 is 19.6. The lowest BCUT2D eigenvalue weighted by molar-refractivity contribution is 0.661. The molecule has 0 atom stereocenters. The first kappa shape index (κ1) is 78.1. The Morgan fingerprint density at radius 2 is 0.474 bits per heavy atom. The minimum Gasteiger partial charge on any atom is -0.309 e. The van der Waals surface area contributed by atoms with Crippen molar-refractivity contribution in [3.05, 3.63) is 490 Å². The maximum absolute atomic E-state index is 2.47. The van der Waals surface area contributed by atoms with E-state index in [9.17, 15) is 0 Å². The number of nitrogens with zero attached hydrogens (tertiary/aromatic N) is 7. The van der Waals surface area contributed by atoms with Crippen molar-refractivity contribution in [1.29, 1.82) is 0 Å². The summed E-state index contributed by atoms with van der Waals surface area (Å²) in [6.45, 7) is 4.74. The molecule has 0 fully saturated rings. The van der Waals surface area contributed by atoms with Gasteiger partial charge in [0.15, 0.2) is 0 Å². The molecule has 30 rings (SSSR count). The SMILES string of the molecule is CC1(C)c2ccccc2-c2cc3c4cc(-c5ccc6c(c5)c5ccccc5n6-c5ccccc5)ccc4n(-c4ccc(-c5ccccc5)cc4)c3cc21.c1ccc(-n2c3ccc(-n4c5ccccc5c5ccccc54)cc3c3ccc4c5ccccc5sc4c32)cc1.c1ccc(-n2c3ccccc3c3cc(-n4c5ccccc5c5c6c7ccccc7n(-c7ccccc7)c6ccc54)ccc32)cc1. The fraction of sp³-hybridized carbons (Fsp3) is 0.0233. The Morgan fingerprint density at radius 1 is 0.168 bits per heavy atom. The number of rotatable bonds is 9. The average molecular weight is 1770 g/mol. The van der Waals surface area contributed by atoms with Crippen LogP contribution < -0.4 is 0 Å². The second-order valence-corrected chi connectivity index (χ2v) is 38.0. The van der Waals surface area contributed by atoms with Crippen molar-refractivity contribution < 1.29 is 0 Å². The van der Waals surface area contributed by atoms with Crippen LogP contribution >= 0.6 is 11.3 Å². The lowest BCUT2D eigenvalue weighted by atomic mass is 9.82. The maximum Gasteiger partial charge on any atom is 0.0719 e. The molecule has 0 amide bonds. The summed E-state index contributed by atoms with van der Waals surface area (Å²) in [5, 5.41) is 20.5. The molecule has 21 aromatic carbocycles. The molecular formula is C129H85N7S. The van der Waals surface area contributed by atoms with Crippen molar-refractivity contribution >= 4 is 184 Å². The molecule has 8 aromatic heterocycles. The molecule has 8 heterocycles. The van der Waals surface area contributed by atoms with E-state index in [0.29, 0.717) is 0 Å². The molecule has 0 radical (unpaired) electrons. The smallest absolute Gasteiger partial charge is 0.0719 e. The van der Waals surface area contributed by atoms with Gasteiger partial charge in [0.1, 0.15) is 0 Å². The molecule has 1 aliphatic carbocycles. The molecular weight excluding hydrogens is 1680 g/mol. The Kier molecular flexibility index (Phi) is 17.5. The molecule has 1 aliphatic rings. The number of hydrogen-bond acceptors (Lipinski definition) is 1. The third kappa shape index (κ3) is 12.0. The van der Waals surface area contributed by atoms with Crippen LogP contribution in [0.2, 0.25) is 0 Å². The van der Waals surface area contributed by atoms with Gasteiger partial charge >= 0.3 is 0 Å². The van der Waals surface area contributed by atoms with Gasteiger partial charge < -0.3 is 32.0 Å². The lowest BCUT2D eigenvalue weighted by Crippen LogP contribution is -2.14. The third-order valence-corrected chi connectivity index (χ3v) is 30.4.